The average molecular weight is 437 g/mol. The molecule has 0 N–H and O–H groups in total. The highest BCUT2D eigenvalue weighted by molar-refractivity contribution is 5.93. The highest BCUT2D eigenvalue weighted by Gasteiger charge is 2.62. The van der Waals surface area contributed by atoms with E-state index < -0.39 is 24.1 Å². The van der Waals surface area contributed by atoms with Crippen LogP contribution in [0.3, 0.4) is 0 Å². The number of esters is 2. The first-order valence-corrected chi connectivity index (χ1v) is 11.3. The van der Waals surface area contributed by atoms with Gasteiger partial charge >= 0.3 is 11.9 Å². The molecule has 5 rings (SSSR count). The minimum Gasteiger partial charge on any atom is -0.496 e. The fourth-order valence-electron chi connectivity index (χ4n) is 6.30. The molecule has 3 saturated carbocycles. The fourth-order valence-corrected chi connectivity index (χ4v) is 6.30. The monoisotopic (exact) mass is 436 g/mol. The summed E-state index contributed by atoms with van der Waals surface area (Å²) in [5.41, 5.74) is 0.770. The Morgan fingerprint density at radius 3 is 1.56 bits per heavy atom. The van der Waals surface area contributed by atoms with Gasteiger partial charge in [0.1, 0.15) is 34.8 Å². The Morgan fingerprint density at radius 1 is 0.688 bits per heavy atom. The van der Waals surface area contributed by atoms with Crippen molar-refractivity contribution in [3.05, 3.63) is 59.7 Å². The van der Waals surface area contributed by atoms with E-state index in [-0.39, 0.29) is 11.8 Å². The summed E-state index contributed by atoms with van der Waals surface area (Å²) in [5.74, 6) is 1.60. The number of hydrogen-bond donors (Lipinski definition) is 0. The van der Waals surface area contributed by atoms with E-state index in [0.29, 0.717) is 34.5 Å². The fraction of sp³-hybridized carbons (Fsp3) is 0.462. The molecule has 0 amide bonds. The van der Waals surface area contributed by atoms with Crippen LogP contribution in [0.25, 0.3) is 0 Å². The SMILES string of the molecule is COc1ccccc1C(=O)OC1C2CC(C3CCCC32)C1OC(=O)c1ccccc1OC. The van der Waals surface area contributed by atoms with E-state index in [1.807, 2.05) is 12.1 Å². The third kappa shape index (κ3) is 3.42. The van der Waals surface area contributed by atoms with Crippen LogP contribution in [0.15, 0.2) is 48.5 Å². The van der Waals surface area contributed by atoms with E-state index in [2.05, 4.69) is 0 Å². The molecule has 3 fully saturated rings. The van der Waals surface area contributed by atoms with E-state index >= 15 is 0 Å². The molecule has 2 aromatic carbocycles. The van der Waals surface area contributed by atoms with Crippen LogP contribution in [0.4, 0.5) is 0 Å². The van der Waals surface area contributed by atoms with Crippen molar-refractivity contribution in [3.63, 3.8) is 0 Å². The highest BCUT2D eigenvalue weighted by atomic mass is 16.6. The summed E-state index contributed by atoms with van der Waals surface area (Å²) in [4.78, 5) is 26.2. The lowest BCUT2D eigenvalue weighted by atomic mass is 9.78. The van der Waals surface area contributed by atoms with Gasteiger partial charge in [0.2, 0.25) is 0 Å². The number of rotatable bonds is 6. The lowest BCUT2D eigenvalue weighted by Gasteiger charge is -2.37. The summed E-state index contributed by atoms with van der Waals surface area (Å²) in [7, 11) is 3.06. The van der Waals surface area contributed by atoms with Crippen molar-refractivity contribution < 1.29 is 28.5 Å². The number of ether oxygens (including phenoxy) is 4. The van der Waals surface area contributed by atoms with Crippen LogP contribution in [-0.4, -0.2) is 38.4 Å². The van der Waals surface area contributed by atoms with E-state index in [1.165, 1.54) is 20.6 Å². The summed E-state index contributed by atoms with van der Waals surface area (Å²) in [5, 5.41) is 0. The van der Waals surface area contributed by atoms with Crippen LogP contribution in [0.1, 0.15) is 46.4 Å². The zero-order valence-corrected chi connectivity index (χ0v) is 18.4. The third-order valence-electron chi connectivity index (χ3n) is 7.58. The van der Waals surface area contributed by atoms with Crippen LogP contribution in [-0.2, 0) is 9.47 Å². The molecule has 6 heteroatoms. The molecule has 6 unspecified atom stereocenters. The largest absolute Gasteiger partial charge is 0.496 e. The maximum Gasteiger partial charge on any atom is 0.342 e. The Labute approximate surface area is 187 Å². The predicted octanol–water partition coefficient (Wildman–Crippen LogP) is 4.52. The second-order valence-electron chi connectivity index (χ2n) is 8.96. The Bertz CT molecular complexity index is 937. The zero-order valence-electron chi connectivity index (χ0n) is 18.4. The minimum atomic E-state index is -0.449. The van der Waals surface area contributed by atoms with Gasteiger partial charge in [0, 0.05) is 11.8 Å². The lowest BCUT2D eigenvalue weighted by molar-refractivity contribution is -0.0768. The average Bonchev–Trinajstić information content (AvgIpc) is 3.52. The molecule has 0 radical (unpaired) electrons. The van der Waals surface area contributed by atoms with Gasteiger partial charge in [-0.1, -0.05) is 30.7 Å². The van der Waals surface area contributed by atoms with Gasteiger partial charge < -0.3 is 18.9 Å². The molecule has 0 saturated heterocycles. The number of para-hydroxylation sites is 2. The second kappa shape index (κ2) is 8.49. The summed E-state index contributed by atoms with van der Waals surface area (Å²) in [6.07, 6.45) is 3.53. The van der Waals surface area contributed by atoms with E-state index in [4.69, 9.17) is 18.9 Å². The topological polar surface area (TPSA) is 71.1 Å². The summed E-state index contributed by atoms with van der Waals surface area (Å²) >= 11 is 0. The Balaban J connectivity index is 1.41. The molecule has 32 heavy (non-hydrogen) atoms. The van der Waals surface area contributed by atoms with Crippen molar-refractivity contribution in [3.8, 4) is 11.5 Å². The van der Waals surface area contributed by atoms with Crippen molar-refractivity contribution in [1.82, 2.24) is 0 Å². The van der Waals surface area contributed by atoms with Gasteiger partial charge in [-0.2, -0.15) is 0 Å². The molecule has 0 aliphatic heterocycles. The Hall–Kier alpha value is -3.02. The molecule has 3 aliphatic rings. The molecule has 0 spiro atoms. The maximum absolute atomic E-state index is 13.1. The van der Waals surface area contributed by atoms with Gasteiger partial charge in [-0.3, -0.25) is 0 Å². The zero-order chi connectivity index (χ0) is 22.2. The molecule has 0 aromatic heterocycles. The molecule has 6 atom stereocenters. The van der Waals surface area contributed by atoms with Gasteiger partial charge in [-0.15, -0.1) is 0 Å². The first-order chi connectivity index (χ1) is 15.6. The Morgan fingerprint density at radius 2 is 1.12 bits per heavy atom. The van der Waals surface area contributed by atoms with Crippen LogP contribution < -0.4 is 9.47 Å². The van der Waals surface area contributed by atoms with Gasteiger partial charge in [0.05, 0.1) is 14.2 Å². The molecule has 3 aliphatic carbocycles. The molecule has 2 bridgehead atoms. The molecule has 0 heterocycles. The Kier molecular flexibility index (Phi) is 5.53. The molecule has 168 valence electrons. The van der Waals surface area contributed by atoms with Crippen molar-refractivity contribution in [2.24, 2.45) is 23.7 Å². The molecular weight excluding hydrogens is 408 g/mol. The summed E-state index contributed by atoms with van der Waals surface area (Å²) in [6.45, 7) is 0. The van der Waals surface area contributed by atoms with E-state index in [1.54, 1.807) is 36.4 Å². The number of methoxy groups -OCH3 is 2. The van der Waals surface area contributed by atoms with Crippen molar-refractivity contribution in [2.45, 2.75) is 37.9 Å². The van der Waals surface area contributed by atoms with Gasteiger partial charge in [-0.05, 0) is 55.4 Å². The quantitative estimate of drug-likeness (QED) is 0.620. The summed E-state index contributed by atoms with van der Waals surface area (Å²) < 4.78 is 22.8. The minimum absolute atomic E-state index is 0.224. The smallest absolute Gasteiger partial charge is 0.342 e. The number of benzene rings is 2. The first-order valence-electron chi connectivity index (χ1n) is 11.3. The van der Waals surface area contributed by atoms with Crippen LogP contribution in [0.2, 0.25) is 0 Å². The molecule has 6 nitrogen and oxygen atoms in total. The van der Waals surface area contributed by atoms with Crippen LogP contribution in [0.5, 0.6) is 11.5 Å². The van der Waals surface area contributed by atoms with Crippen molar-refractivity contribution in [2.75, 3.05) is 14.2 Å². The standard InChI is InChI=1S/C26H28O6/c1-29-21-12-5-3-8-17(21)25(27)31-23-19-14-20(16-11-7-10-15(16)19)24(23)32-26(28)18-9-4-6-13-22(18)30-2/h3-6,8-9,12-13,15-16,19-20,23-24H,7,10-11,14H2,1-2H3. The number of carbonyl (C=O) groups is 2. The maximum atomic E-state index is 13.1. The predicted molar refractivity (Wildman–Crippen MR) is 117 cm³/mol. The van der Waals surface area contributed by atoms with Gasteiger partial charge in [-0.25, -0.2) is 9.59 Å². The van der Waals surface area contributed by atoms with E-state index in [0.717, 1.165) is 19.3 Å². The van der Waals surface area contributed by atoms with Crippen molar-refractivity contribution >= 4 is 11.9 Å². The number of carbonyl (C=O) groups excluding carboxylic acids is 2. The van der Waals surface area contributed by atoms with E-state index in [9.17, 15) is 9.59 Å². The third-order valence-corrected chi connectivity index (χ3v) is 7.58. The van der Waals surface area contributed by atoms with Crippen molar-refractivity contribution in [1.29, 1.82) is 0 Å². The second-order valence-corrected chi connectivity index (χ2v) is 8.96. The normalized spacial score (nSPS) is 29.9. The lowest BCUT2D eigenvalue weighted by Crippen LogP contribution is -2.45. The van der Waals surface area contributed by atoms with Crippen LogP contribution in [0, 0.1) is 23.7 Å². The number of fused-ring (bicyclic) bond motifs is 5. The molecule has 2 aromatic rings. The van der Waals surface area contributed by atoms with Crippen LogP contribution >= 0.6 is 0 Å². The van der Waals surface area contributed by atoms with Gasteiger partial charge in [0.25, 0.3) is 0 Å². The first kappa shape index (κ1) is 20.9. The van der Waals surface area contributed by atoms with Gasteiger partial charge in [0.15, 0.2) is 0 Å². The number of hydrogen-bond acceptors (Lipinski definition) is 6. The highest BCUT2D eigenvalue weighted by Crippen LogP contribution is 2.60. The molecular formula is C26H28O6. The summed E-state index contributed by atoms with van der Waals surface area (Å²) in [6, 6.07) is 14.1.